The SMILES string of the molecule is CCCCC/C=C\C/C=C\C/C=C\C/C=C\CCCCC(O)C(=O)NC(COC1OC(CO)C(O)C(O)C1OC(=O)CCCCCCCCCCCCCCCCCCCCCCCCC)C(O)/C=C/CCCCCCCCCCCCC. The van der Waals surface area contributed by atoms with Gasteiger partial charge in [-0.1, -0.05) is 306 Å². The van der Waals surface area contributed by atoms with Crippen molar-refractivity contribution in [3.63, 3.8) is 0 Å². The van der Waals surface area contributed by atoms with E-state index in [0.717, 1.165) is 77.0 Å². The van der Waals surface area contributed by atoms with E-state index in [1.165, 1.54) is 199 Å². The fourth-order valence-electron chi connectivity index (χ4n) is 10.9. The molecule has 83 heavy (non-hydrogen) atoms. The van der Waals surface area contributed by atoms with Gasteiger partial charge in [0.15, 0.2) is 12.4 Å². The average molecular weight is 1170 g/mol. The normalized spacial score (nSPS) is 18.9. The van der Waals surface area contributed by atoms with Crippen molar-refractivity contribution in [2.24, 2.45) is 0 Å². The molecule has 0 radical (unpaired) electrons. The second kappa shape index (κ2) is 59.7. The van der Waals surface area contributed by atoms with Gasteiger partial charge < -0.3 is 45.1 Å². The number of aliphatic hydroxyl groups excluding tert-OH is 5. The number of ether oxygens (including phenoxy) is 3. The number of esters is 1. The Morgan fingerprint density at radius 3 is 1.27 bits per heavy atom. The summed E-state index contributed by atoms with van der Waals surface area (Å²) in [4.78, 5) is 26.6. The number of allylic oxidation sites excluding steroid dienone is 9. The van der Waals surface area contributed by atoms with Crippen LogP contribution in [-0.2, 0) is 23.8 Å². The molecule has 11 nitrogen and oxygen atoms in total. The average Bonchev–Trinajstić information content (AvgIpc) is 3.54. The highest BCUT2D eigenvalue weighted by atomic mass is 16.7. The molecular weight excluding hydrogens is 1040 g/mol. The van der Waals surface area contributed by atoms with Crippen molar-refractivity contribution < 1.29 is 49.3 Å². The van der Waals surface area contributed by atoms with Gasteiger partial charge in [-0.3, -0.25) is 9.59 Å². The van der Waals surface area contributed by atoms with Crippen molar-refractivity contribution >= 4 is 11.9 Å². The Kier molecular flexibility index (Phi) is 56.4. The molecule has 1 amide bonds. The van der Waals surface area contributed by atoms with Gasteiger partial charge in [-0.2, -0.15) is 0 Å². The maximum atomic E-state index is 13.5. The predicted molar refractivity (Wildman–Crippen MR) is 347 cm³/mol. The number of carbonyl (C=O) groups is 2. The van der Waals surface area contributed by atoms with Crippen molar-refractivity contribution in [3.8, 4) is 0 Å². The van der Waals surface area contributed by atoms with Gasteiger partial charge in [0, 0.05) is 6.42 Å². The quantitative estimate of drug-likeness (QED) is 0.0195. The van der Waals surface area contributed by atoms with Gasteiger partial charge in [-0.15, -0.1) is 0 Å². The molecule has 0 aromatic carbocycles. The fourth-order valence-corrected chi connectivity index (χ4v) is 10.9. The standard InChI is InChI=1S/C72H131NO10/c1-4-7-10-13-16-19-22-25-27-29-31-32-33-34-35-37-39-42-45-48-51-54-57-60-67(77)83-70-69(79)68(78)66(61-74)82-72(70)81-62-63(64(75)58-55-52-49-46-43-40-24-21-18-15-12-9-6-3)73-71(80)65(76)59-56-53-50-47-44-41-38-36-30-28-26-23-20-17-14-11-8-5-2/h17,20,26,28,36,38,44,47,55,58,63-66,68-70,72,74-76,78-79H,4-16,18-19,21-25,27,29-35,37,39-43,45-46,48-54,56-57,59-62H2,1-3H3,(H,73,80)/b20-17-,28-26-,38-36-,47-44-,58-55+. The Hall–Kier alpha value is -2.64. The van der Waals surface area contributed by atoms with E-state index < -0.39 is 67.4 Å². The number of hydrogen-bond donors (Lipinski definition) is 6. The number of nitrogens with one attached hydrogen (secondary N) is 1. The third-order valence-corrected chi connectivity index (χ3v) is 16.4. The third kappa shape index (κ3) is 47.2. The van der Waals surface area contributed by atoms with Gasteiger partial charge in [-0.05, 0) is 70.6 Å². The number of hydrogen-bond acceptors (Lipinski definition) is 10. The summed E-state index contributed by atoms with van der Waals surface area (Å²) < 4.78 is 17.7. The second-order valence-corrected chi connectivity index (χ2v) is 24.3. The van der Waals surface area contributed by atoms with Crippen LogP contribution in [0.5, 0.6) is 0 Å². The molecule has 1 rings (SSSR count). The summed E-state index contributed by atoms with van der Waals surface area (Å²) in [6.07, 6.45) is 65.5. The van der Waals surface area contributed by atoms with E-state index in [0.29, 0.717) is 12.8 Å². The van der Waals surface area contributed by atoms with Gasteiger partial charge in [0.2, 0.25) is 5.91 Å². The Morgan fingerprint density at radius 1 is 0.470 bits per heavy atom. The van der Waals surface area contributed by atoms with Crippen molar-refractivity contribution in [1.29, 1.82) is 0 Å². The zero-order chi connectivity index (χ0) is 60.3. The highest BCUT2D eigenvalue weighted by molar-refractivity contribution is 5.80. The zero-order valence-corrected chi connectivity index (χ0v) is 53.8. The Bertz CT molecular complexity index is 1580. The molecule has 0 aromatic rings. The molecule has 8 unspecified atom stereocenters. The molecule has 1 fully saturated rings. The molecule has 0 spiro atoms. The van der Waals surface area contributed by atoms with Crippen LogP contribution in [0.2, 0.25) is 0 Å². The molecule has 0 bridgehead atoms. The highest BCUT2D eigenvalue weighted by Gasteiger charge is 2.47. The van der Waals surface area contributed by atoms with E-state index in [9.17, 15) is 35.1 Å². The van der Waals surface area contributed by atoms with E-state index >= 15 is 0 Å². The first kappa shape index (κ1) is 78.4. The summed E-state index contributed by atoms with van der Waals surface area (Å²) in [5.74, 6) is -1.22. The first-order chi connectivity index (χ1) is 40.7. The van der Waals surface area contributed by atoms with Crippen LogP contribution in [0.15, 0.2) is 60.8 Å². The maximum absolute atomic E-state index is 13.5. The van der Waals surface area contributed by atoms with E-state index in [4.69, 9.17) is 14.2 Å². The lowest BCUT2D eigenvalue weighted by atomic mass is 9.99. The Labute approximate surface area is 509 Å². The summed E-state index contributed by atoms with van der Waals surface area (Å²) in [6.45, 7) is 5.78. The number of unbranched alkanes of at least 4 members (excludes halogenated alkanes) is 38. The van der Waals surface area contributed by atoms with E-state index in [2.05, 4.69) is 74.7 Å². The lowest BCUT2D eigenvalue weighted by Gasteiger charge is -2.41. The summed E-state index contributed by atoms with van der Waals surface area (Å²) in [5, 5.41) is 57.2. The van der Waals surface area contributed by atoms with Crippen LogP contribution in [0.4, 0.5) is 0 Å². The predicted octanol–water partition coefficient (Wildman–Crippen LogP) is 17.7. The summed E-state index contributed by atoms with van der Waals surface area (Å²) in [7, 11) is 0. The molecule has 0 aliphatic carbocycles. The van der Waals surface area contributed by atoms with Crippen LogP contribution in [0.25, 0.3) is 0 Å². The van der Waals surface area contributed by atoms with Crippen molar-refractivity contribution in [2.45, 2.75) is 372 Å². The largest absolute Gasteiger partial charge is 0.454 e. The summed E-state index contributed by atoms with van der Waals surface area (Å²) in [5.41, 5.74) is 0. The highest BCUT2D eigenvalue weighted by Crippen LogP contribution is 2.26. The minimum absolute atomic E-state index is 0.122. The van der Waals surface area contributed by atoms with Gasteiger partial charge in [-0.25, -0.2) is 0 Å². The minimum atomic E-state index is -1.62. The summed E-state index contributed by atoms with van der Waals surface area (Å²) >= 11 is 0. The van der Waals surface area contributed by atoms with Crippen molar-refractivity contribution in [3.05, 3.63) is 60.8 Å². The Balaban J connectivity index is 2.62. The topological polar surface area (TPSA) is 175 Å². The van der Waals surface area contributed by atoms with Gasteiger partial charge in [0.1, 0.15) is 24.4 Å². The molecule has 0 saturated carbocycles. The molecule has 1 aliphatic heterocycles. The molecule has 1 aliphatic rings. The number of rotatable bonds is 60. The van der Waals surface area contributed by atoms with E-state index in [1.807, 2.05) is 6.08 Å². The summed E-state index contributed by atoms with van der Waals surface area (Å²) in [6, 6.07) is -1.04. The lowest BCUT2D eigenvalue weighted by Crippen LogP contribution is -2.61. The molecular formula is C72H131NO10. The number of carbonyl (C=O) groups excluding carboxylic acids is 2. The van der Waals surface area contributed by atoms with Gasteiger partial charge in [0.25, 0.3) is 0 Å². The Morgan fingerprint density at radius 2 is 0.831 bits per heavy atom. The third-order valence-electron chi connectivity index (χ3n) is 16.4. The molecule has 1 heterocycles. The van der Waals surface area contributed by atoms with E-state index in [1.54, 1.807) is 6.08 Å². The van der Waals surface area contributed by atoms with Crippen LogP contribution in [-0.4, -0.2) is 99.6 Å². The van der Waals surface area contributed by atoms with Gasteiger partial charge in [0.05, 0.1) is 25.4 Å². The smallest absolute Gasteiger partial charge is 0.306 e. The molecule has 11 heteroatoms. The fraction of sp³-hybridized carbons (Fsp3) is 0.833. The number of aliphatic hydroxyl groups is 5. The van der Waals surface area contributed by atoms with Crippen LogP contribution >= 0.6 is 0 Å². The van der Waals surface area contributed by atoms with Crippen LogP contribution in [0.3, 0.4) is 0 Å². The molecule has 6 N–H and O–H groups in total. The number of amides is 1. The first-order valence-electron chi connectivity index (χ1n) is 35.1. The lowest BCUT2D eigenvalue weighted by molar-refractivity contribution is -0.305. The molecule has 8 atom stereocenters. The zero-order valence-electron chi connectivity index (χ0n) is 53.8. The second-order valence-electron chi connectivity index (χ2n) is 24.3. The monoisotopic (exact) mass is 1170 g/mol. The molecule has 0 aromatic heterocycles. The van der Waals surface area contributed by atoms with Crippen LogP contribution < -0.4 is 5.32 Å². The van der Waals surface area contributed by atoms with Crippen LogP contribution in [0, 0.1) is 0 Å². The van der Waals surface area contributed by atoms with E-state index in [-0.39, 0.29) is 19.4 Å². The van der Waals surface area contributed by atoms with Gasteiger partial charge >= 0.3 is 5.97 Å². The van der Waals surface area contributed by atoms with Crippen molar-refractivity contribution in [1.82, 2.24) is 5.32 Å². The van der Waals surface area contributed by atoms with Crippen molar-refractivity contribution in [2.75, 3.05) is 13.2 Å². The maximum Gasteiger partial charge on any atom is 0.306 e. The van der Waals surface area contributed by atoms with Crippen LogP contribution in [0.1, 0.15) is 323 Å². The minimum Gasteiger partial charge on any atom is -0.454 e. The first-order valence-corrected chi connectivity index (χ1v) is 35.1. The molecule has 484 valence electrons. The molecule has 1 saturated heterocycles.